The lowest BCUT2D eigenvalue weighted by Crippen LogP contribution is -2.07. The predicted octanol–water partition coefficient (Wildman–Crippen LogP) is 3.74. The second-order valence-electron chi connectivity index (χ2n) is 4.64. The lowest BCUT2D eigenvalue weighted by Gasteiger charge is -2.06. The van der Waals surface area contributed by atoms with Gasteiger partial charge in [-0.3, -0.25) is 0 Å². The van der Waals surface area contributed by atoms with Crippen LogP contribution in [0.1, 0.15) is 5.56 Å². The van der Waals surface area contributed by atoms with Gasteiger partial charge >= 0.3 is 0 Å². The van der Waals surface area contributed by atoms with Gasteiger partial charge in [-0.2, -0.15) is 0 Å². The van der Waals surface area contributed by atoms with E-state index in [1.54, 1.807) is 12.5 Å². The third-order valence-electron chi connectivity index (χ3n) is 2.42. The molecule has 3 heteroatoms. The van der Waals surface area contributed by atoms with E-state index in [0.717, 1.165) is 17.1 Å². The van der Waals surface area contributed by atoms with Crippen molar-refractivity contribution in [1.82, 2.24) is 0 Å². The van der Waals surface area contributed by atoms with Gasteiger partial charge in [-0.25, -0.2) is 0 Å². The Kier molecular flexibility index (Phi) is 3.82. The molecule has 2 rings (SSSR count). The first-order chi connectivity index (χ1) is 8.53. The Bertz CT molecular complexity index is 540. The molecule has 0 bridgehead atoms. The Morgan fingerprint density at radius 2 is 1.44 bits per heavy atom. The van der Waals surface area contributed by atoms with Crippen LogP contribution in [0.25, 0.3) is 0 Å². The molecule has 94 valence electrons. The van der Waals surface area contributed by atoms with Crippen molar-refractivity contribution in [2.24, 2.45) is 0 Å². The zero-order valence-electron chi connectivity index (χ0n) is 10.6. The summed E-state index contributed by atoms with van der Waals surface area (Å²) >= 11 is 0. The summed E-state index contributed by atoms with van der Waals surface area (Å²) in [5.74, 6) is 2.22. The van der Waals surface area contributed by atoms with Gasteiger partial charge in [0.25, 0.3) is 0 Å². The van der Waals surface area contributed by atoms with Crippen LogP contribution in [0.3, 0.4) is 0 Å². The SMILES string of the molecule is C[S+](C)(=O)Cc1ccc(Oc2ccccc2)cc1. The third kappa shape index (κ3) is 4.00. The lowest BCUT2D eigenvalue weighted by molar-refractivity contribution is 0.482. The summed E-state index contributed by atoms with van der Waals surface area (Å²) in [7, 11) is -1.74. The van der Waals surface area contributed by atoms with Gasteiger partial charge in [-0.1, -0.05) is 30.3 Å². The molecule has 2 nitrogen and oxygen atoms in total. The van der Waals surface area contributed by atoms with Gasteiger partial charge in [0.15, 0.2) is 0 Å². The summed E-state index contributed by atoms with van der Waals surface area (Å²) in [6, 6.07) is 17.4. The predicted molar refractivity (Wildman–Crippen MR) is 76.6 cm³/mol. The van der Waals surface area contributed by atoms with Crippen LogP contribution >= 0.6 is 0 Å². The number of rotatable bonds is 4. The van der Waals surface area contributed by atoms with E-state index in [4.69, 9.17) is 4.74 Å². The van der Waals surface area contributed by atoms with E-state index in [1.807, 2.05) is 54.6 Å². The smallest absolute Gasteiger partial charge is 0.136 e. The molecule has 0 unspecified atom stereocenters. The first kappa shape index (κ1) is 12.8. The van der Waals surface area contributed by atoms with Crippen molar-refractivity contribution in [3.8, 4) is 11.5 Å². The fraction of sp³-hybridized carbons (Fsp3) is 0.200. The quantitative estimate of drug-likeness (QED) is 0.784. The van der Waals surface area contributed by atoms with Gasteiger partial charge in [0.05, 0.1) is 9.93 Å². The average Bonchev–Trinajstić information content (AvgIpc) is 2.31. The van der Waals surface area contributed by atoms with Crippen molar-refractivity contribution in [2.75, 3.05) is 12.5 Å². The molecular formula is C15H17O2S+. The highest BCUT2D eigenvalue weighted by molar-refractivity contribution is 8.00. The van der Waals surface area contributed by atoms with Gasteiger partial charge in [0, 0.05) is 5.56 Å². The van der Waals surface area contributed by atoms with E-state index in [0.29, 0.717) is 5.75 Å². The Hall–Kier alpha value is -1.61. The molecule has 0 aromatic heterocycles. The zero-order chi connectivity index (χ0) is 13.0. The minimum atomic E-state index is -1.74. The van der Waals surface area contributed by atoms with Crippen LogP contribution in [-0.4, -0.2) is 12.5 Å². The van der Waals surface area contributed by atoms with E-state index in [2.05, 4.69) is 0 Å². The van der Waals surface area contributed by atoms with Gasteiger partial charge < -0.3 is 4.74 Å². The van der Waals surface area contributed by atoms with Gasteiger partial charge in [0.2, 0.25) is 0 Å². The molecular weight excluding hydrogens is 244 g/mol. The van der Waals surface area contributed by atoms with Crippen molar-refractivity contribution < 1.29 is 8.95 Å². The van der Waals surface area contributed by atoms with E-state index in [1.165, 1.54) is 0 Å². The normalized spacial score (nSPS) is 11.2. The van der Waals surface area contributed by atoms with Gasteiger partial charge in [-0.05, 0) is 24.3 Å². The van der Waals surface area contributed by atoms with E-state index in [-0.39, 0.29) is 0 Å². The second kappa shape index (κ2) is 5.36. The molecule has 0 aliphatic carbocycles. The first-order valence-electron chi connectivity index (χ1n) is 5.77. The summed E-state index contributed by atoms with van der Waals surface area (Å²) in [6.07, 6.45) is 3.56. The molecule has 0 saturated heterocycles. The molecule has 2 aromatic carbocycles. The monoisotopic (exact) mass is 261 g/mol. The maximum Gasteiger partial charge on any atom is 0.136 e. The van der Waals surface area contributed by atoms with Crippen molar-refractivity contribution >= 4 is 9.93 Å². The van der Waals surface area contributed by atoms with Crippen LogP contribution in [0.5, 0.6) is 11.5 Å². The van der Waals surface area contributed by atoms with Crippen LogP contribution in [0.15, 0.2) is 54.6 Å². The molecule has 2 aromatic rings. The topological polar surface area (TPSA) is 26.3 Å². The molecule has 0 radical (unpaired) electrons. The second-order valence-corrected chi connectivity index (χ2v) is 7.80. The van der Waals surface area contributed by atoms with Gasteiger partial charge in [0.1, 0.15) is 29.8 Å². The maximum absolute atomic E-state index is 11.7. The fourth-order valence-corrected chi connectivity index (χ4v) is 2.67. The standard InChI is InChI=1S/C15H17O2S/c1-18(2,16)12-13-8-10-15(11-9-13)17-14-6-4-3-5-7-14/h3-11H,12H2,1-2H3/q+1. The van der Waals surface area contributed by atoms with Crippen LogP contribution in [-0.2, 0) is 19.9 Å². The molecule has 0 N–H and O–H groups in total. The van der Waals surface area contributed by atoms with Crippen LogP contribution < -0.4 is 4.74 Å². The highest BCUT2D eigenvalue weighted by Crippen LogP contribution is 2.21. The molecule has 18 heavy (non-hydrogen) atoms. The summed E-state index contributed by atoms with van der Waals surface area (Å²) in [5, 5.41) is 0. The maximum atomic E-state index is 11.7. The third-order valence-corrected chi connectivity index (χ3v) is 3.45. The Labute approximate surface area is 109 Å². The van der Waals surface area contributed by atoms with Crippen molar-refractivity contribution in [3.63, 3.8) is 0 Å². The highest BCUT2D eigenvalue weighted by Gasteiger charge is 2.13. The van der Waals surface area contributed by atoms with E-state index < -0.39 is 9.93 Å². The minimum Gasteiger partial charge on any atom is -0.457 e. The average molecular weight is 261 g/mol. The fourth-order valence-electron chi connectivity index (χ4n) is 1.68. The largest absolute Gasteiger partial charge is 0.457 e. The van der Waals surface area contributed by atoms with E-state index >= 15 is 0 Å². The molecule has 0 fully saturated rings. The Morgan fingerprint density at radius 1 is 0.889 bits per heavy atom. The van der Waals surface area contributed by atoms with Crippen molar-refractivity contribution in [1.29, 1.82) is 0 Å². The molecule has 0 saturated carbocycles. The molecule has 0 aliphatic heterocycles. The van der Waals surface area contributed by atoms with Crippen LogP contribution in [0.2, 0.25) is 0 Å². The molecule has 0 aliphatic rings. The number of benzene rings is 2. The summed E-state index contributed by atoms with van der Waals surface area (Å²) in [6.45, 7) is 0. The number of ether oxygens (including phenoxy) is 1. The molecule has 0 amide bonds. The van der Waals surface area contributed by atoms with Crippen LogP contribution in [0, 0.1) is 0 Å². The number of hydrogen-bond donors (Lipinski definition) is 0. The lowest BCUT2D eigenvalue weighted by atomic mass is 10.2. The molecule has 0 heterocycles. The van der Waals surface area contributed by atoms with Gasteiger partial charge in [-0.15, -0.1) is 4.21 Å². The molecule has 0 atom stereocenters. The van der Waals surface area contributed by atoms with Crippen molar-refractivity contribution in [2.45, 2.75) is 5.75 Å². The Morgan fingerprint density at radius 3 is 2.00 bits per heavy atom. The summed E-state index contributed by atoms with van der Waals surface area (Å²) < 4.78 is 17.4. The first-order valence-corrected chi connectivity index (χ1v) is 8.31. The molecule has 0 spiro atoms. The van der Waals surface area contributed by atoms with E-state index in [9.17, 15) is 4.21 Å². The highest BCUT2D eigenvalue weighted by atomic mass is 32.2. The number of para-hydroxylation sites is 1. The number of hydrogen-bond acceptors (Lipinski definition) is 2. The summed E-state index contributed by atoms with van der Waals surface area (Å²) in [4.78, 5) is 0. The minimum absolute atomic E-state index is 0.610. The summed E-state index contributed by atoms with van der Waals surface area (Å²) in [5.41, 5.74) is 1.07. The zero-order valence-corrected chi connectivity index (χ0v) is 11.4. The van der Waals surface area contributed by atoms with Crippen molar-refractivity contribution in [3.05, 3.63) is 60.2 Å². The Balaban J connectivity index is 2.06. The van der Waals surface area contributed by atoms with Crippen LogP contribution in [0.4, 0.5) is 0 Å².